The minimum absolute atomic E-state index is 0.368. The molecule has 0 bridgehead atoms. The number of pyridine rings is 2. The standard InChI is InChI=1S/C25H34N6/c1-28(2)20-12-15-30(16-20)18-23-21(27-24-11-4-5-14-31(23)24)17-29(3)22-10-6-8-19-9-7-13-26-25(19)22/h4-5,7,9,11,13-14,20,22H,6,8,10,12,15-18H2,1-3H3/t20?,22-/m0/s1. The Morgan fingerprint density at radius 3 is 2.84 bits per heavy atom. The highest BCUT2D eigenvalue weighted by atomic mass is 15.2. The molecular weight excluding hydrogens is 384 g/mol. The highest BCUT2D eigenvalue weighted by molar-refractivity contribution is 5.43. The second-order valence-electron chi connectivity index (χ2n) is 9.45. The number of likely N-dealkylation sites (tertiary alicyclic amines) is 1. The molecule has 0 radical (unpaired) electrons. The average Bonchev–Trinajstić information content (AvgIpc) is 3.39. The first kappa shape index (κ1) is 20.6. The summed E-state index contributed by atoms with van der Waals surface area (Å²) in [6, 6.07) is 11.6. The molecule has 5 rings (SSSR count). The minimum Gasteiger partial charge on any atom is -0.305 e. The van der Waals surface area contributed by atoms with Gasteiger partial charge in [-0.15, -0.1) is 0 Å². The van der Waals surface area contributed by atoms with Crippen molar-refractivity contribution in [2.75, 3.05) is 34.2 Å². The second kappa shape index (κ2) is 8.69. The van der Waals surface area contributed by atoms with E-state index in [9.17, 15) is 0 Å². The molecule has 2 aliphatic rings. The normalized spacial score (nSPS) is 22.0. The molecule has 0 saturated carbocycles. The summed E-state index contributed by atoms with van der Waals surface area (Å²) in [4.78, 5) is 17.2. The number of nitrogens with zero attached hydrogens (tertiary/aromatic N) is 6. The Labute approximate surface area is 185 Å². The Morgan fingerprint density at radius 2 is 2.00 bits per heavy atom. The Kier molecular flexibility index (Phi) is 5.78. The molecule has 6 nitrogen and oxygen atoms in total. The first-order chi connectivity index (χ1) is 15.1. The number of fused-ring (bicyclic) bond motifs is 2. The van der Waals surface area contributed by atoms with Crippen LogP contribution in [0.3, 0.4) is 0 Å². The van der Waals surface area contributed by atoms with E-state index in [4.69, 9.17) is 9.97 Å². The van der Waals surface area contributed by atoms with Crippen LogP contribution in [-0.4, -0.2) is 69.3 Å². The fraction of sp³-hybridized carbons (Fsp3) is 0.520. The van der Waals surface area contributed by atoms with Gasteiger partial charge in [0.25, 0.3) is 0 Å². The van der Waals surface area contributed by atoms with Crippen LogP contribution >= 0.6 is 0 Å². The fourth-order valence-electron chi connectivity index (χ4n) is 5.34. The lowest BCUT2D eigenvalue weighted by molar-refractivity contribution is 0.204. The molecule has 1 aliphatic carbocycles. The molecule has 0 aromatic carbocycles. The van der Waals surface area contributed by atoms with Gasteiger partial charge in [0.1, 0.15) is 5.65 Å². The molecular formula is C25H34N6. The zero-order chi connectivity index (χ0) is 21.4. The third-order valence-corrected chi connectivity index (χ3v) is 7.16. The van der Waals surface area contributed by atoms with Gasteiger partial charge in [-0.1, -0.05) is 12.1 Å². The molecule has 6 heteroatoms. The molecule has 0 N–H and O–H groups in total. The number of aromatic nitrogens is 3. The maximum absolute atomic E-state index is 5.06. The first-order valence-corrected chi connectivity index (χ1v) is 11.6. The number of imidazole rings is 1. The predicted octanol–water partition coefficient (Wildman–Crippen LogP) is 3.37. The predicted molar refractivity (Wildman–Crippen MR) is 124 cm³/mol. The van der Waals surface area contributed by atoms with Gasteiger partial charge in [0.2, 0.25) is 0 Å². The number of hydrogen-bond acceptors (Lipinski definition) is 5. The van der Waals surface area contributed by atoms with Crippen LogP contribution in [0, 0.1) is 0 Å². The van der Waals surface area contributed by atoms with Crippen LogP contribution in [0.1, 0.15) is 47.9 Å². The maximum atomic E-state index is 5.06. The summed E-state index contributed by atoms with van der Waals surface area (Å²) >= 11 is 0. The largest absolute Gasteiger partial charge is 0.305 e. The summed E-state index contributed by atoms with van der Waals surface area (Å²) in [7, 11) is 6.62. The molecule has 0 spiro atoms. The molecule has 1 unspecified atom stereocenters. The van der Waals surface area contributed by atoms with E-state index in [-0.39, 0.29) is 0 Å². The maximum Gasteiger partial charge on any atom is 0.137 e. The first-order valence-electron chi connectivity index (χ1n) is 11.6. The lowest BCUT2D eigenvalue weighted by atomic mass is 9.91. The van der Waals surface area contributed by atoms with Crippen LogP contribution in [0.4, 0.5) is 0 Å². The third kappa shape index (κ3) is 4.12. The summed E-state index contributed by atoms with van der Waals surface area (Å²) in [6.45, 7) is 4.08. The van der Waals surface area contributed by atoms with E-state index >= 15 is 0 Å². The number of likely N-dealkylation sites (N-methyl/N-ethyl adjacent to an activating group) is 1. The second-order valence-corrected chi connectivity index (χ2v) is 9.45. The van der Waals surface area contributed by atoms with Crippen LogP contribution < -0.4 is 0 Å². The summed E-state index contributed by atoms with van der Waals surface area (Å²) in [5.41, 5.74) is 6.25. The molecule has 3 aromatic heterocycles. The average molecular weight is 419 g/mol. The molecule has 1 fully saturated rings. The van der Waals surface area contributed by atoms with Gasteiger partial charge in [0.15, 0.2) is 0 Å². The molecule has 2 atom stereocenters. The van der Waals surface area contributed by atoms with Gasteiger partial charge in [-0.2, -0.15) is 0 Å². The third-order valence-electron chi connectivity index (χ3n) is 7.16. The van der Waals surface area contributed by atoms with Crippen LogP contribution in [-0.2, 0) is 19.5 Å². The Balaban J connectivity index is 1.41. The van der Waals surface area contributed by atoms with Crippen LogP contribution in [0.2, 0.25) is 0 Å². The van der Waals surface area contributed by atoms with Gasteiger partial charge >= 0.3 is 0 Å². The highest BCUT2D eigenvalue weighted by Crippen LogP contribution is 2.33. The van der Waals surface area contributed by atoms with E-state index in [2.05, 4.69) is 76.8 Å². The van der Waals surface area contributed by atoms with Gasteiger partial charge in [0.05, 0.1) is 23.1 Å². The van der Waals surface area contributed by atoms with E-state index in [0.29, 0.717) is 12.1 Å². The van der Waals surface area contributed by atoms with Crippen LogP contribution in [0.5, 0.6) is 0 Å². The van der Waals surface area contributed by atoms with Crippen molar-refractivity contribution in [3.8, 4) is 0 Å². The van der Waals surface area contributed by atoms with Gasteiger partial charge in [-0.25, -0.2) is 4.98 Å². The summed E-state index contributed by atoms with van der Waals surface area (Å²) in [6.07, 6.45) is 8.89. The van der Waals surface area contributed by atoms with E-state index < -0.39 is 0 Å². The smallest absolute Gasteiger partial charge is 0.137 e. The topological polar surface area (TPSA) is 39.9 Å². The zero-order valence-electron chi connectivity index (χ0n) is 19.0. The fourth-order valence-corrected chi connectivity index (χ4v) is 5.34. The van der Waals surface area contributed by atoms with Crippen molar-refractivity contribution in [1.82, 2.24) is 29.1 Å². The van der Waals surface area contributed by atoms with E-state index in [1.54, 1.807) is 0 Å². The van der Waals surface area contributed by atoms with Crippen molar-refractivity contribution < 1.29 is 0 Å². The molecule has 1 saturated heterocycles. The number of aryl methyl sites for hydroxylation is 1. The molecule has 3 aromatic rings. The van der Waals surface area contributed by atoms with Crippen LogP contribution in [0.25, 0.3) is 5.65 Å². The Bertz CT molecular complexity index is 1040. The van der Waals surface area contributed by atoms with E-state index in [0.717, 1.165) is 38.2 Å². The van der Waals surface area contributed by atoms with Gasteiger partial charge in [-0.3, -0.25) is 14.8 Å². The van der Waals surface area contributed by atoms with Gasteiger partial charge in [-0.05, 0) is 70.6 Å². The van der Waals surface area contributed by atoms with Gasteiger partial charge < -0.3 is 9.30 Å². The van der Waals surface area contributed by atoms with Crippen molar-refractivity contribution in [2.24, 2.45) is 0 Å². The van der Waals surface area contributed by atoms with Crippen molar-refractivity contribution in [3.63, 3.8) is 0 Å². The Morgan fingerprint density at radius 1 is 1.10 bits per heavy atom. The quantitative estimate of drug-likeness (QED) is 0.614. The lowest BCUT2D eigenvalue weighted by Crippen LogP contribution is -2.32. The summed E-state index contributed by atoms with van der Waals surface area (Å²) in [5, 5.41) is 0. The number of rotatable bonds is 6. The molecule has 0 amide bonds. The highest BCUT2D eigenvalue weighted by Gasteiger charge is 2.28. The molecule has 4 heterocycles. The monoisotopic (exact) mass is 418 g/mol. The molecule has 1 aliphatic heterocycles. The van der Waals surface area contributed by atoms with Crippen molar-refractivity contribution in [1.29, 1.82) is 0 Å². The zero-order valence-corrected chi connectivity index (χ0v) is 19.0. The van der Waals surface area contributed by atoms with Crippen molar-refractivity contribution >= 4 is 5.65 Å². The van der Waals surface area contributed by atoms with Crippen molar-refractivity contribution in [2.45, 2.75) is 50.9 Å². The van der Waals surface area contributed by atoms with E-state index in [1.807, 2.05) is 6.20 Å². The Hall–Kier alpha value is -2.28. The molecule has 164 valence electrons. The van der Waals surface area contributed by atoms with Gasteiger partial charge in [0, 0.05) is 44.6 Å². The van der Waals surface area contributed by atoms with E-state index in [1.165, 1.54) is 41.9 Å². The summed E-state index contributed by atoms with van der Waals surface area (Å²) < 4.78 is 2.29. The van der Waals surface area contributed by atoms with Crippen LogP contribution in [0.15, 0.2) is 42.7 Å². The molecule has 31 heavy (non-hydrogen) atoms. The lowest BCUT2D eigenvalue weighted by Gasteiger charge is -2.32. The summed E-state index contributed by atoms with van der Waals surface area (Å²) in [5.74, 6) is 0. The van der Waals surface area contributed by atoms with Crippen molar-refractivity contribution in [3.05, 3.63) is 65.4 Å². The SMILES string of the molecule is CN(C)C1CCN(Cc2c(CN(C)[C@H]3CCCc4cccnc43)nc3ccccn23)C1. The minimum atomic E-state index is 0.368. The number of hydrogen-bond donors (Lipinski definition) is 0.